The van der Waals surface area contributed by atoms with Crippen LogP contribution in [0.1, 0.15) is 12.0 Å². The Balaban J connectivity index is 1.85. The second-order valence-electron chi connectivity index (χ2n) is 6.86. The molecule has 0 aromatic heterocycles. The number of phenols is 1. The molecule has 0 unspecified atom stereocenters. The Morgan fingerprint density at radius 3 is 2.45 bits per heavy atom. The van der Waals surface area contributed by atoms with Crippen LogP contribution in [0.25, 0.3) is 0 Å². The van der Waals surface area contributed by atoms with Crippen molar-refractivity contribution in [3.63, 3.8) is 0 Å². The molecule has 6 nitrogen and oxygen atoms in total. The summed E-state index contributed by atoms with van der Waals surface area (Å²) < 4.78 is 27.9. The smallest absolute Gasteiger partial charge is 0.243 e. The zero-order valence-corrected chi connectivity index (χ0v) is 18.0. The quantitative estimate of drug-likeness (QED) is 0.677. The number of halogens is 2. The van der Waals surface area contributed by atoms with E-state index in [0.29, 0.717) is 17.9 Å². The highest BCUT2D eigenvalue weighted by molar-refractivity contribution is 7.89. The molecule has 0 radical (unpaired) electrons. The summed E-state index contributed by atoms with van der Waals surface area (Å²) in [7, 11) is -3.76. The van der Waals surface area contributed by atoms with Gasteiger partial charge in [-0.2, -0.15) is 4.31 Å². The molecular weight excluding hydrogens is 435 g/mol. The van der Waals surface area contributed by atoms with Gasteiger partial charge in [-0.15, -0.1) is 11.6 Å². The number of rotatable bonds is 6. The largest absolute Gasteiger partial charge is 0.508 e. The minimum Gasteiger partial charge on any atom is -0.508 e. The molecule has 1 heterocycles. The van der Waals surface area contributed by atoms with Gasteiger partial charge in [-0.3, -0.25) is 4.79 Å². The predicted molar refractivity (Wildman–Crippen MR) is 113 cm³/mol. The maximum absolute atomic E-state index is 13.2. The molecule has 3 rings (SSSR count). The first kappa shape index (κ1) is 21.9. The molecule has 9 heteroatoms. The number of benzene rings is 2. The first-order chi connectivity index (χ1) is 13.8. The molecule has 29 heavy (non-hydrogen) atoms. The third-order valence-corrected chi connectivity index (χ3v) is 7.50. The molecule has 1 aliphatic rings. The Hall–Kier alpha value is -1.80. The highest BCUT2D eigenvalue weighted by Crippen LogP contribution is 2.27. The lowest BCUT2D eigenvalue weighted by atomic mass is 10.0. The first-order valence-electron chi connectivity index (χ1n) is 9.21. The van der Waals surface area contributed by atoms with E-state index in [4.69, 9.17) is 23.2 Å². The molecule has 156 valence electrons. The lowest BCUT2D eigenvalue weighted by Gasteiger charge is -2.40. The van der Waals surface area contributed by atoms with Crippen molar-refractivity contribution in [2.24, 2.45) is 0 Å². The molecule has 0 saturated carbocycles. The molecule has 2 aromatic rings. The topological polar surface area (TPSA) is 77.9 Å². The van der Waals surface area contributed by atoms with Crippen LogP contribution in [0.2, 0.25) is 5.02 Å². The Morgan fingerprint density at radius 2 is 1.79 bits per heavy atom. The summed E-state index contributed by atoms with van der Waals surface area (Å²) >= 11 is 11.6. The summed E-state index contributed by atoms with van der Waals surface area (Å²) in [5.74, 6) is -0.192. The monoisotopic (exact) mass is 456 g/mol. The number of nitrogens with zero attached hydrogens (tertiary/aromatic N) is 2. The van der Waals surface area contributed by atoms with E-state index in [1.807, 2.05) is 6.07 Å². The van der Waals surface area contributed by atoms with Crippen molar-refractivity contribution in [2.45, 2.75) is 23.8 Å². The van der Waals surface area contributed by atoms with Crippen LogP contribution in [-0.4, -0.2) is 60.2 Å². The fourth-order valence-corrected chi connectivity index (χ4v) is 5.42. The van der Waals surface area contributed by atoms with Gasteiger partial charge in [-0.1, -0.05) is 29.8 Å². The fourth-order valence-electron chi connectivity index (χ4n) is 3.49. The van der Waals surface area contributed by atoms with E-state index >= 15 is 0 Å². The molecule has 0 bridgehead atoms. The van der Waals surface area contributed by atoms with E-state index < -0.39 is 16.1 Å². The zero-order chi connectivity index (χ0) is 21.0. The van der Waals surface area contributed by atoms with E-state index in [0.717, 1.165) is 5.56 Å². The Bertz CT molecular complexity index is 967. The Morgan fingerprint density at radius 1 is 1.10 bits per heavy atom. The van der Waals surface area contributed by atoms with Crippen LogP contribution >= 0.6 is 23.2 Å². The van der Waals surface area contributed by atoms with Crippen molar-refractivity contribution in [3.8, 4) is 5.75 Å². The predicted octanol–water partition coefficient (Wildman–Crippen LogP) is 3.12. The van der Waals surface area contributed by atoms with Crippen LogP contribution in [0.5, 0.6) is 5.75 Å². The summed E-state index contributed by atoms with van der Waals surface area (Å²) in [4.78, 5) is 13.8. The summed E-state index contributed by atoms with van der Waals surface area (Å²) in [5, 5.41) is 10.5. The van der Waals surface area contributed by atoms with Crippen LogP contribution in [0.4, 0.5) is 0 Å². The van der Waals surface area contributed by atoms with Crippen LogP contribution < -0.4 is 0 Å². The van der Waals surface area contributed by atoms with Crippen molar-refractivity contribution < 1.29 is 18.3 Å². The van der Waals surface area contributed by atoms with Crippen molar-refractivity contribution in [1.82, 2.24) is 9.21 Å². The third-order valence-electron chi connectivity index (χ3n) is 5.05. The van der Waals surface area contributed by atoms with Crippen molar-refractivity contribution in [3.05, 3.63) is 59.1 Å². The van der Waals surface area contributed by atoms with E-state index in [9.17, 15) is 18.3 Å². The fraction of sp³-hybridized carbons (Fsp3) is 0.350. The van der Waals surface area contributed by atoms with E-state index in [2.05, 4.69) is 0 Å². The number of alkyl halides is 1. The number of para-hydroxylation sites is 1. The number of hydrogen-bond acceptors (Lipinski definition) is 4. The van der Waals surface area contributed by atoms with Gasteiger partial charge in [0.25, 0.3) is 0 Å². The van der Waals surface area contributed by atoms with Gasteiger partial charge in [-0.25, -0.2) is 8.42 Å². The van der Waals surface area contributed by atoms with E-state index in [-0.39, 0.29) is 42.1 Å². The number of carbonyl (C=O) groups is 1. The molecule has 1 atom stereocenters. The van der Waals surface area contributed by atoms with Crippen LogP contribution in [0.15, 0.2) is 53.4 Å². The number of phenolic OH excluding ortho intramolecular Hbond substituents is 1. The molecule has 1 aliphatic heterocycles. The number of sulfonamides is 1. The molecule has 1 fully saturated rings. The highest BCUT2D eigenvalue weighted by Gasteiger charge is 2.37. The number of aromatic hydroxyl groups is 1. The first-order valence-corrected chi connectivity index (χ1v) is 11.6. The molecule has 1 amide bonds. The van der Waals surface area contributed by atoms with E-state index in [1.54, 1.807) is 35.2 Å². The average molecular weight is 457 g/mol. The second kappa shape index (κ2) is 9.34. The number of aryl methyl sites for hydroxylation is 1. The van der Waals surface area contributed by atoms with Crippen molar-refractivity contribution in [2.75, 3.05) is 25.5 Å². The number of hydrogen-bond donors (Lipinski definition) is 1. The van der Waals surface area contributed by atoms with Crippen molar-refractivity contribution in [1.29, 1.82) is 0 Å². The number of piperazine rings is 1. The lowest BCUT2D eigenvalue weighted by Crippen LogP contribution is -2.56. The van der Waals surface area contributed by atoms with E-state index in [1.165, 1.54) is 16.4 Å². The highest BCUT2D eigenvalue weighted by atomic mass is 35.5. The van der Waals surface area contributed by atoms with Gasteiger partial charge < -0.3 is 10.0 Å². The standard InChI is InChI=1S/C20H22Cl2N2O4S/c21-13-20(26)23-11-12-24(29(27,28)18-9-6-16(22)7-10-18)17(14-23)8-5-15-3-1-2-4-19(15)25/h1-4,6-7,9-10,17,25H,5,8,11-14H2/t17-/m0/s1. The average Bonchev–Trinajstić information content (AvgIpc) is 2.72. The van der Waals surface area contributed by atoms with Gasteiger partial charge in [0.2, 0.25) is 15.9 Å². The maximum atomic E-state index is 13.2. The number of amides is 1. The molecule has 1 N–H and O–H groups in total. The minimum absolute atomic E-state index is 0.143. The minimum atomic E-state index is -3.76. The van der Waals surface area contributed by atoms with Crippen LogP contribution in [0.3, 0.4) is 0 Å². The summed E-state index contributed by atoms with van der Waals surface area (Å²) in [6, 6.07) is 12.6. The molecule has 0 spiro atoms. The molecule has 1 saturated heterocycles. The lowest BCUT2D eigenvalue weighted by molar-refractivity contribution is -0.130. The van der Waals surface area contributed by atoms with Crippen LogP contribution in [-0.2, 0) is 21.2 Å². The van der Waals surface area contributed by atoms with Crippen LogP contribution in [0, 0.1) is 0 Å². The van der Waals surface area contributed by atoms with Gasteiger partial charge in [0.1, 0.15) is 11.6 Å². The normalized spacial score (nSPS) is 18.0. The summed E-state index contributed by atoms with van der Waals surface area (Å²) in [6.45, 7) is 0.719. The molecule has 2 aromatic carbocycles. The maximum Gasteiger partial charge on any atom is 0.243 e. The summed E-state index contributed by atoms with van der Waals surface area (Å²) in [5.41, 5.74) is 0.733. The number of carbonyl (C=O) groups excluding carboxylic acids is 1. The third kappa shape index (κ3) is 5.04. The van der Waals surface area contributed by atoms with Gasteiger partial charge >= 0.3 is 0 Å². The van der Waals surface area contributed by atoms with Gasteiger partial charge in [-0.05, 0) is 48.7 Å². The van der Waals surface area contributed by atoms with Gasteiger partial charge in [0.15, 0.2) is 0 Å². The van der Waals surface area contributed by atoms with Gasteiger partial charge in [0.05, 0.1) is 4.90 Å². The zero-order valence-electron chi connectivity index (χ0n) is 15.7. The molecule has 0 aliphatic carbocycles. The SMILES string of the molecule is O=C(CCl)N1CCN(S(=O)(=O)c2ccc(Cl)cc2)[C@@H](CCc2ccccc2O)C1. The summed E-state index contributed by atoms with van der Waals surface area (Å²) in [6.07, 6.45) is 0.934. The van der Waals surface area contributed by atoms with Gasteiger partial charge in [0, 0.05) is 30.7 Å². The Labute approximate surface area is 180 Å². The van der Waals surface area contributed by atoms with Crippen molar-refractivity contribution >= 4 is 39.1 Å². The Kier molecular flexibility index (Phi) is 7.05. The molecular formula is C20H22Cl2N2O4S. The second-order valence-corrected chi connectivity index (χ2v) is 9.46.